The fourth-order valence-corrected chi connectivity index (χ4v) is 2.89. The van der Waals surface area contributed by atoms with Crippen molar-refractivity contribution in [2.45, 2.75) is 6.92 Å². The van der Waals surface area contributed by atoms with E-state index in [1.54, 1.807) is 17.5 Å². The van der Waals surface area contributed by atoms with Crippen molar-refractivity contribution in [3.8, 4) is 0 Å². The summed E-state index contributed by atoms with van der Waals surface area (Å²) in [5.41, 5.74) is 2.96. The highest BCUT2D eigenvalue weighted by molar-refractivity contribution is 9.10. The Morgan fingerprint density at radius 1 is 1.28 bits per heavy atom. The second-order valence-electron chi connectivity index (χ2n) is 3.89. The second kappa shape index (κ2) is 4.66. The van der Waals surface area contributed by atoms with E-state index in [1.807, 2.05) is 31.2 Å². The van der Waals surface area contributed by atoms with Gasteiger partial charge in [-0.05, 0) is 37.3 Å². The summed E-state index contributed by atoms with van der Waals surface area (Å²) >= 11 is 5.09. The van der Waals surface area contributed by atoms with Crippen molar-refractivity contribution in [2.24, 2.45) is 0 Å². The van der Waals surface area contributed by atoms with Crippen LogP contribution in [0.5, 0.6) is 0 Å². The van der Waals surface area contributed by atoms with Crippen LogP contribution in [0.1, 0.15) is 5.69 Å². The molecule has 2 aromatic heterocycles. The summed E-state index contributed by atoms with van der Waals surface area (Å²) in [6.07, 6.45) is 1.79. The van der Waals surface area contributed by atoms with Crippen molar-refractivity contribution >= 4 is 48.3 Å². The minimum atomic E-state index is 0.888. The van der Waals surface area contributed by atoms with Crippen LogP contribution < -0.4 is 5.32 Å². The summed E-state index contributed by atoms with van der Waals surface area (Å²) in [4.78, 5) is 8.81. The normalized spacial score (nSPS) is 10.8. The van der Waals surface area contributed by atoms with Gasteiger partial charge in [0.1, 0.15) is 0 Å². The first-order valence-electron chi connectivity index (χ1n) is 5.47. The molecule has 1 aromatic carbocycles. The average molecular weight is 320 g/mol. The molecule has 0 radical (unpaired) electrons. The number of aromatic nitrogens is 2. The molecule has 3 rings (SSSR count). The Labute approximate surface area is 117 Å². The van der Waals surface area contributed by atoms with Crippen molar-refractivity contribution in [3.63, 3.8) is 0 Å². The Kier molecular flexibility index (Phi) is 3.01. The third-order valence-electron chi connectivity index (χ3n) is 2.60. The SMILES string of the molecule is Cc1ncccc1Nc1nc2cc(Br)ccc2s1. The van der Waals surface area contributed by atoms with E-state index in [1.165, 1.54) is 4.70 Å². The topological polar surface area (TPSA) is 37.8 Å². The molecule has 0 bridgehead atoms. The largest absolute Gasteiger partial charge is 0.330 e. The molecule has 0 spiro atoms. The fourth-order valence-electron chi connectivity index (χ4n) is 1.69. The van der Waals surface area contributed by atoms with Crippen molar-refractivity contribution in [1.82, 2.24) is 9.97 Å². The van der Waals surface area contributed by atoms with E-state index in [-0.39, 0.29) is 0 Å². The minimum Gasteiger partial charge on any atom is -0.330 e. The Morgan fingerprint density at radius 2 is 2.17 bits per heavy atom. The maximum absolute atomic E-state index is 4.56. The molecule has 0 aliphatic rings. The van der Waals surface area contributed by atoms with Crippen LogP contribution in [0.3, 0.4) is 0 Å². The summed E-state index contributed by atoms with van der Waals surface area (Å²) in [6, 6.07) is 10.0. The first kappa shape index (κ1) is 11.6. The molecular formula is C13H10BrN3S. The van der Waals surface area contributed by atoms with Crippen LogP contribution in [0.25, 0.3) is 10.2 Å². The van der Waals surface area contributed by atoms with Gasteiger partial charge in [-0.1, -0.05) is 27.3 Å². The monoisotopic (exact) mass is 319 g/mol. The van der Waals surface area contributed by atoms with Gasteiger partial charge in [-0.25, -0.2) is 4.98 Å². The number of fused-ring (bicyclic) bond motifs is 1. The lowest BCUT2D eigenvalue weighted by molar-refractivity contribution is 1.20. The average Bonchev–Trinajstić information content (AvgIpc) is 2.73. The van der Waals surface area contributed by atoms with Gasteiger partial charge in [0.15, 0.2) is 5.13 Å². The molecule has 2 heterocycles. The van der Waals surface area contributed by atoms with E-state index >= 15 is 0 Å². The number of pyridine rings is 1. The van der Waals surface area contributed by atoms with Gasteiger partial charge in [0, 0.05) is 10.7 Å². The Hall–Kier alpha value is -1.46. The van der Waals surface area contributed by atoms with E-state index in [0.717, 1.165) is 26.5 Å². The van der Waals surface area contributed by atoms with Crippen LogP contribution in [-0.4, -0.2) is 9.97 Å². The Balaban J connectivity index is 1.98. The zero-order chi connectivity index (χ0) is 12.5. The quantitative estimate of drug-likeness (QED) is 0.755. The van der Waals surface area contributed by atoms with E-state index < -0.39 is 0 Å². The summed E-state index contributed by atoms with van der Waals surface area (Å²) in [5.74, 6) is 0. The molecule has 0 atom stereocenters. The van der Waals surface area contributed by atoms with Gasteiger partial charge in [-0.2, -0.15) is 0 Å². The lowest BCUT2D eigenvalue weighted by Gasteiger charge is -2.04. The van der Waals surface area contributed by atoms with E-state index in [4.69, 9.17) is 0 Å². The lowest BCUT2D eigenvalue weighted by Crippen LogP contribution is -1.93. The van der Waals surface area contributed by atoms with Crippen LogP contribution in [0.15, 0.2) is 41.0 Å². The zero-order valence-corrected chi connectivity index (χ0v) is 12.0. The maximum Gasteiger partial charge on any atom is 0.188 e. The van der Waals surface area contributed by atoms with Crippen LogP contribution in [0.4, 0.5) is 10.8 Å². The molecule has 0 aliphatic carbocycles. The Morgan fingerprint density at radius 3 is 3.00 bits per heavy atom. The van der Waals surface area contributed by atoms with Gasteiger partial charge in [0.25, 0.3) is 0 Å². The highest BCUT2D eigenvalue weighted by Gasteiger charge is 2.05. The summed E-state index contributed by atoms with van der Waals surface area (Å²) in [7, 11) is 0. The molecule has 1 N–H and O–H groups in total. The van der Waals surface area contributed by atoms with Crippen molar-refractivity contribution < 1.29 is 0 Å². The molecular weight excluding hydrogens is 310 g/mol. The molecule has 0 saturated heterocycles. The van der Waals surface area contributed by atoms with Gasteiger partial charge >= 0.3 is 0 Å². The van der Waals surface area contributed by atoms with Crippen molar-refractivity contribution in [1.29, 1.82) is 0 Å². The molecule has 0 aliphatic heterocycles. The summed E-state index contributed by atoms with van der Waals surface area (Å²) in [5, 5.41) is 4.20. The predicted molar refractivity (Wildman–Crippen MR) is 79.6 cm³/mol. The van der Waals surface area contributed by atoms with Crippen LogP contribution in [0.2, 0.25) is 0 Å². The molecule has 0 fully saturated rings. The van der Waals surface area contributed by atoms with E-state index in [9.17, 15) is 0 Å². The predicted octanol–water partition coefficient (Wildman–Crippen LogP) is 4.51. The lowest BCUT2D eigenvalue weighted by atomic mass is 10.3. The molecule has 5 heteroatoms. The number of thiazole rings is 1. The standard InChI is InChI=1S/C13H10BrN3S/c1-8-10(3-2-6-15-8)16-13-17-11-7-9(14)4-5-12(11)18-13/h2-7H,1H3,(H,16,17). The number of nitrogens with zero attached hydrogens (tertiary/aromatic N) is 2. The summed E-state index contributed by atoms with van der Waals surface area (Å²) < 4.78 is 2.21. The number of benzene rings is 1. The molecule has 3 aromatic rings. The number of aryl methyl sites for hydroxylation is 1. The fraction of sp³-hybridized carbons (Fsp3) is 0.0769. The minimum absolute atomic E-state index is 0.888. The number of nitrogens with one attached hydrogen (secondary N) is 1. The van der Waals surface area contributed by atoms with Crippen molar-refractivity contribution in [2.75, 3.05) is 5.32 Å². The molecule has 90 valence electrons. The zero-order valence-electron chi connectivity index (χ0n) is 9.64. The van der Waals surface area contributed by atoms with Crippen LogP contribution >= 0.6 is 27.3 Å². The molecule has 0 unspecified atom stereocenters. The second-order valence-corrected chi connectivity index (χ2v) is 5.84. The molecule has 3 nitrogen and oxygen atoms in total. The van der Waals surface area contributed by atoms with Crippen LogP contribution in [-0.2, 0) is 0 Å². The van der Waals surface area contributed by atoms with Crippen LogP contribution in [0, 0.1) is 6.92 Å². The number of hydrogen-bond donors (Lipinski definition) is 1. The smallest absolute Gasteiger partial charge is 0.188 e. The number of rotatable bonds is 2. The first-order chi connectivity index (χ1) is 8.72. The number of anilines is 2. The van der Waals surface area contributed by atoms with Gasteiger partial charge in [-0.3, -0.25) is 4.98 Å². The van der Waals surface area contributed by atoms with E-state index in [0.29, 0.717) is 0 Å². The Bertz CT molecular complexity index is 708. The third-order valence-corrected chi connectivity index (χ3v) is 4.04. The first-order valence-corrected chi connectivity index (χ1v) is 7.08. The third kappa shape index (κ3) is 2.23. The van der Waals surface area contributed by atoms with E-state index in [2.05, 4.69) is 37.3 Å². The number of hydrogen-bond acceptors (Lipinski definition) is 4. The molecule has 18 heavy (non-hydrogen) atoms. The number of halogens is 1. The maximum atomic E-state index is 4.56. The van der Waals surface area contributed by atoms with Gasteiger partial charge in [0.05, 0.1) is 21.6 Å². The molecule has 0 saturated carbocycles. The van der Waals surface area contributed by atoms with Gasteiger partial charge in [-0.15, -0.1) is 0 Å². The highest BCUT2D eigenvalue weighted by atomic mass is 79.9. The highest BCUT2D eigenvalue weighted by Crippen LogP contribution is 2.30. The van der Waals surface area contributed by atoms with Gasteiger partial charge < -0.3 is 5.32 Å². The molecule has 0 amide bonds. The van der Waals surface area contributed by atoms with Crippen molar-refractivity contribution in [3.05, 3.63) is 46.7 Å². The van der Waals surface area contributed by atoms with Gasteiger partial charge in [0.2, 0.25) is 0 Å². The summed E-state index contributed by atoms with van der Waals surface area (Å²) in [6.45, 7) is 1.98.